The lowest BCUT2D eigenvalue weighted by Crippen LogP contribution is -2.30. The second-order valence-electron chi connectivity index (χ2n) is 22.0. The van der Waals surface area contributed by atoms with Crippen LogP contribution in [0.15, 0.2) is 97.2 Å². The van der Waals surface area contributed by atoms with E-state index in [1.807, 2.05) is 0 Å². The van der Waals surface area contributed by atoms with Crippen LogP contribution in [0.1, 0.15) is 323 Å². The van der Waals surface area contributed by atoms with E-state index in [9.17, 15) is 14.4 Å². The van der Waals surface area contributed by atoms with Crippen molar-refractivity contribution in [1.29, 1.82) is 0 Å². The molecule has 0 aromatic carbocycles. The summed E-state index contributed by atoms with van der Waals surface area (Å²) in [5, 5.41) is 0. The Kier molecular flexibility index (Phi) is 62.7. The molecule has 0 aliphatic carbocycles. The highest BCUT2D eigenvalue weighted by Crippen LogP contribution is 2.17. The highest BCUT2D eigenvalue weighted by molar-refractivity contribution is 5.71. The molecule has 6 heteroatoms. The molecule has 0 amide bonds. The molecule has 0 aliphatic rings. The van der Waals surface area contributed by atoms with Crippen LogP contribution in [0.3, 0.4) is 0 Å². The third kappa shape index (κ3) is 63.2. The molecular weight excluding hydrogens is 961 g/mol. The van der Waals surface area contributed by atoms with E-state index in [0.29, 0.717) is 19.3 Å². The molecule has 0 aromatic rings. The minimum Gasteiger partial charge on any atom is -0.462 e. The average Bonchev–Trinajstić information content (AvgIpc) is 3.44. The van der Waals surface area contributed by atoms with Gasteiger partial charge in [0.25, 0.3) is 0 Å². The van der Waals surface area contributed by atoms with Crippen molar-refractivity contribution in [2.45, 2.75) is 329 Å². The van der Waals surface area contributed by atoms with E-state index in [-0.39, 0.29) is 31.1 Å². The normalized spacial score (nSPS) is 12.7. The molecule has 0 fully saturated rings. The fraction of sp³-hybridized carbons (Fsp3) is 0.736. The topological polar surface area (TPSA) is 78.9 Å². The summed E-state index contributed by atoms with van der Waals surface area (Å²) in [7, 11) is 0. The van der Waals surface area contributed by atoms with E-state index in [2.05, 4.69) is 118 Å². The first-order valence-corrected chi connectivity index (χ1v) is 33.2. The van der Waals surface area contributed by atoms with Gasteiger partial charge in [-0.3, -0.25) is 14.4 Å². The second-order valence-corrected chi connectivity index (χ2v) is 22.0. The molecule has 6 nitrogen and oxygen atoms in total. The molecule has 0 rings (SSSR count). The smallest absolute Gasteiger partial charge is 0.306 e. The van der Waals surface area contributed by atoms with E-state index in [1.165, 1.54) is 167 Å². The fourth-order valence-corrected chi connectivity index (χ4v) is 9.36. The minimum atomic E-state index is -0.795. The van der Waals surface area contributed by atoms with E-state index in [4.69, 9.17) is 14.2 Å². The standard InChI is InChI=1S/C72H124O6/c1-4-7-10-13-16-19-22-25-28-30-32-34-35-36-37-39-40-42-44-47-50-53-56-59-62-65-71(74)77-68-69(67-76-70(73)64-61-58-55-52-49-46-27-24-21-18-15-12-9-6-3)78-72(75)66-63-60-57-54-51-48-45-43-41-38-33-31-29-26-23-20-17-14-11-8-5-2/h7,10,16,19,24-25,27-28,32,34,36-37,40,42,47,50,69H,4-6,8-9,11-15,17-18,20-23,26,29-31,33,35,38-39,41,43-46,48-49,51-68H2,1-3H3/b10-7-,19-16-,27-24-,28-25-,34-32-,37-36-,42-40-,50-47-. The van der Waals surface area contributed by atoms with Crippen LogP contribution in [0.4, 0.5) is 0 Å². The van der Waals surface area contributed by atoms with Crippen molar-refractivity contribution < 1.29 is 28.6 Å². The maximum absolute atomic E-state index is 12.9. The molecule has 78 heavy (non-hydrogen) atoms. The molecular formula is C72H124O6. The molecule has 0 spiro atoms. The monoisotopic (exact) mass is 1080 g/mol. The van der Waals surface area contributed by atoms with E-state index < -0.39 is 6.10 Å². The number of unbranched alkanes of at least 4 members (excludes halogenated alkanes) is 33. The molecule has 0 saturated heterocycles. The molecule has 0 saturated carbocycles. The van der Waals surface area contributed by atoms with Gasteiger partial charge < -0.3 is 14.2 Å². The summed E-state index contributed by atoms with van der Waals surface area (Å²) in [5.74, 6) is -0.918. The van der Waals surface area contributed by atoms with Gasteiger partial charge in [-0.1, -0.05) is 298 Å². The number of ether oxygens (including phenoxy) is 3. The molecule has 0 bridgehead atoms. The lowest BCUT2D eigenvalue weighted by Gasteiger charge is -2.18. The van der Waals surface area contributed by atoms with Gasteiger partial charge in [-0.15, -0.1) is 0 Å². The Balaban J connectivity index is 4.40. The zero-order valence-corrected chi connectivity index (χ0v) is 51.4. The van der Waals surface area contributed by atoms with Crippen LogP contribution in [0.2, 0.25) is 0 Å². The van der Waals surface area contributed by atoms with Crippen molar-refractivity contribution in [3.63, 3.8) is 0 Å². The Morgan fingerprint density at radius 2 is 0.500 bits per heavy atom. The summed E-state index contributed by atoms with van der Waals surface area (Å²) >= 11 is 0. The number of hydrogen-bond donors (Lipinski definition) is 0. The fourth-order valence-electron chi connectivity index (χ4n) is 9.36. The highest BCUT2D eigenvalue weighted by atomic mass is 16.6. The zero-order chi connectivity index (χ0) is 56.4. The van der Waals surface area contributed by atoms with Gasteiger partial charge in [0.05, 0.1) is 0 Å². The van der Waals surface area contributed by atoms with Crippen molar-refractivity contribution >= 4 is 17.9 Å². The molecule has 0 radical (unpaired) electrons. The number of allylic oxidation sites excluding steroid dienone is 16. The first-order chi connectivity index (χ1) is 38.5. The summed E-state index contributed by atoms with van der Waals surface area (Å²) < 4.78 is 16.9. The highest BCUT2D eigenvalue weighted by Gasteiger charge is 2.19. The van der Waals surface area contributed by atoms with Crippen LogP contribution in [-0.4, -0.2) is 37.2 Å². The second kappa shape index (κ2) is 65.8. The van der Waals surface area contributed by atoms with Gasteiger partial charge in [0.15, 0.2) is 6.10 Å². The van der Waals surface area contributed by atoms with Crippen molar-refractivity contribution in [3.05, 3.63) is 97.2 Å². The number of carbonyl (C=O) groups is 3. The lowest BCUT2D eigenvalue weighted by atomic mass is 10.0. The van der Waals surface area contributed by atoms with Crippen LogP contribution in [-0.2, 0) is 28.6 Å². The largest absolute Gasteiger partial charge is 0.462 e. The van der Waals surface area contributed by atoms with Crippen molar-refractivity contribution in [2.24, 2.45) is 0 Å². The maximum Gasteiger partial charge on any atom is 0.306 e. The lowest BCUT2D eigenvalue weighted by molar-refractivity contribution is -0.167. The molecule has 0 aliphatic heterocycles. The average molecular weight is 1090 g/mol. The first kappa shape index (κ1) is 74.3. The summed E-state index contributed by atoms with van der Waals surface area (Å²) in [5.41, 5.74) is 0. The third-order valence-electron chi connectivity index (χ3n) is 14.3. The Morgan fingerprint density at radius 1 is 0.269 bits per heavy atom. The zero-order valence-electron chi connectivity index (χ0n) is 51.4. The van der Waals surface area contributed by atoms with Gasteiger partial charge in [-0.2, -0.15) is 0 Å². The molecule has 0 aromatic heterocycles. The minimum absolute atomic E-state index is 0.0903. The van der Waals surface area contributed by atoms with Gasteiger partial charge in [0.1, 0.15) is 13.2 Å². The SMILES string of the molecule is CC/C=C\C/C=C\C/C=C\C/C=C\C/C=C\C/C=C\C/C=C\CCCCCC(=O)OCC(COC(=O)CCCCCCC/C=C\CCCCCCC)OC(=O)CCCCCCCCCCCCCCCCCCCCCCC. The number of esters is 3. The summed E-state index contributed by atoms with van der Waals surface area (Å²) in [6.45, 7) is 6.52. The van der Waals surface area contributed by atoms with E-state index in [0.717, 1.165) is 116 Å². The number of carbonyl (C=O) groups excluding carboxylic acids is 3. The number of hydrogen-bond acceptors (Lipinski definition) is 6. The quantitative estimate of drug-likeness (QED) is 0.0261. The van der Waals surface area contributed by atoms with Gasteiger partial charge in [0, 0.05) is 19.3 Å². The Labute approximate surface area is 483 Å². The Hall–Kier alpha value is -3.67. The van der Waals surface area contributed by atoms with Crippen LogP contribution >= 0.6 is 0 Å². The van der Waals surface area contributed by atoms with Crippen LogP contribution in [0.25, 0.3) is 0 Å². The summed E-state index contributed by atoms with van der Waals surface area (Å²) in [4.78, 5) is 38.4. The predicted molar refractivity (Wildman–Crippen MR) is 339 cm³/mol. The Morgan fingerprint density at radius 3 is 0.808 bits per heavy atom. The van der Waals surface area contributed by atoms with Gasteiger partial charge in [0.2, 0.25) is 0 Å². The third-order valence-corrected chi connectivity index (χ3v) is 14.3. The molecule has 448 valence electrons. The van der Waals surface area contributed by atoms with Crippen LogP contribution in [0, 0.1) is 0 Å². The molecule has 1 atom stereocenters. The predicted octanol–water partition coefficient (Wildman–Crippen LogP) is 22.8. The van der Waals surface area contributed by atoms with Crippen molar-refractivity contribution in [1.82, 2.24) is 0 Å². The molecule has 0 heterocycles. The van der Waals surface area contributed by atoms with Crippen molar-refractivity contribution in [2.75, 3.05) is 13.2 Å². The maximum atomic E-state index is 12.9. The van der Waals surface area contributed by atoms with Crippen LogP contribution in [0.5, 0.6) is 0 Å². The molecule has 0 N–H and O–H groups in total. The van der Waals surface area contributed by atoms with E-state index in [1.54, 1.807) is 0 Å². The van der Waals surface area contributed by atoms with Crippen molar-refractivity contribution in [3.8, 4) is 0 Å². The van der Waals surface area contributed by atoms with Gasteiger partial charge in [-0.05, 0) is 103 Å². The van der Waals surface area contributed by atoms with Gasteiger partial charge >= 0.3 is 17.9 Å². The Bertz CT molecular complexity index is 1530. The first-order valence-electron chi connectivity index (χ1n) is 33.2. The molecule has 1 unspecified atom stereocenters. The summed E-state index contributed by atoms with van der Waals surface area (Å²) in [6, 6.07) is 0. The number of rotatable bonds is 60. The van der Waals surface area contributed by atoms with E-state index >= 15 is 0 Å². The van der Waals surface area contributed by atoms with Gasteiger partial charge in [-0.25, -0.2) is 0 Å². The summed E-state index contributed by atoms with van der Waals surface area (Å²) in [6.07, 6.45) is 88.5. The van der Waals surface area contributed by atoms with Crippen LogP contribution < -0.4 is 0 Å².